The summed E-state index contributed by atoms with van der Waals surface area (Å²) in [6, 6.07) is 13.0. The fourth-order valence-electron chi connectivity index (χ4n) is 3.00. The van der Waals surface area contributed by atoms with Gasteiger partial charge < -0.3 is 15.4 Å². The summed E-state index contributed by atoms with van der Waals surface area (Å²) in [6.45, 7) is 1.32. The maximum Gasteiger partial charge on any atom is 0.280 e. The number of ether oxygens (including phenoxy) is 1. The van der Waals surface area contributed by atoms with Crippen LogP contribution in [-0.2, 0) is 4.79 Å². The standard InChI is InChI=1S/C24H17F2N5O4/c1-14(32)28-22-13-18(8-10-27-22)35-21-7-4-16(12-19(21)26)29-24(34)23-20(33)9-11-31(30-23)17-5-2-15(25)3-6-17/h2-13H,1H3,(H,29,34)(H,27,28,32). The second-order valence-electron chi connectivity index (χ2n) is 7.21. The largest absolute Gasteiger partial charge is 0.454 e. The van der Waals surface area contributed by atoms with Gasteiger partial charge in [0.2, 0.25) is 11.3 Å². The fraction of sp³-hybridized carbons (Fsp3) is 0.0417. The van der Waals surface area contributed by atoms with Gasteiger partial charge in [0.05, 0.1) is 5.69 Å². The highest BCUT2D eigenvalue weighted by Crippen LogP contribution is 2.27. The molecule has 4 aromatic rings. The molecule has 0 fully saturated rings. The highest BCUT2D eigenvalue weighted by Gasteiger charge is 2.15. The molecule has 0 bridgehead atoms. The lowest BCUT2D eigenvalue weighted by Gasteiger charge is -2.11. The van der Waals surface area contributed by atoms with Gasteiger partial charge in [-0.05, 0) is 42.5 Å². The zero-order chi connectivity index (χ0) is 24.9. The van der Waals surface area contributed by atoms with Gasteiger partial charge in [-0.3, -0.25) is 14.4 Å². The molecule has 2 N–H and O–H groups in total. The number of hydrogen-bond donors (Lipinski definition) is 2. The third-order valence-electron chi connectivity index (χ3n) is 4.57. The Labute approximate surface area is 197 Å². The number of carbonyl (C=O) groups excluding carboxylic acids is 2. The van der Waals surface area contributed by atoms with E-state index in [9.17, 15) is 23.2 Å². The van der Waals surface area contributed by atoms with E-state index in [0.29, 0.717) is 5.69 Å². The number of hydrogen-bond acceptors (Lipinski definition) is 6. The van der Waals surface area contributed by atoms with Gasteiger partial charge in [-0.15, -0.1) is 0 Å². The zero-order valence-electron chi connectivity index (χ0n) is 18.2. The summed E-state index contributed by atoms with van der Waals surface area (Å²) in [5.41, 5.74) is -0.577. The molecular formula is C24H17F2N5O4. The molecule has 35 heavy (non-hydrogen) atoms. The third kappa shape index (κ3) is 5.71. The monoisotopic (exact) mass is 477 g/mol. The predicted octanol–water partition coefficient (Wildman–Crippen LogP) is 3.91. The van der Waals surface area contributed by atoms with Crippen LogP contribution in [0.4, 0.5) is 20.3 Å². The molecule has 2 aromatic carbocycles. The van der Waals surface area contributed by atoms with Crippen molar-refractivity contribution < 1.29 is 23.1 Å². The minimum Gasteiger partial charge on any atom is -0.454 e. The van der Waals surface area contributed by atoms with Crippen LogP contribution in [0.2, 0.25) is 0 Å². The van der Waals surface area contributed by atoms with Crippen molar-refractivity contribution >= 4 is 23.3 Å². The lowest BCUT2D eigenvalue weighted by atomic mass is 10.2. The summed E-state index contributed by atoms with van der Waals surface area (Å²) in [5.74, 6) is -2.08. The van der Waals surface area contributed by atoms with E-state index in [4.69, 9.17) is 4.74 Å². The molecule has 11 heteroatoms. The van der Waals surface area contributed by atoms with Crippen LogP contribution in [-0.4, -0.2) is 26.6 Å². The zero-order valence-corrected chi connectivity index (χ0v) is 18.2. The predicted molar refractivity (Wildman–Crippen MR) is 123 cm³/mol. The van der Waals surface area contributed by atoms with Crippen LogP contribution in [0.25, 0.3) is 5.69 Å². The Morgan fingerprint density at radius 2 is 1.74 bits per heavy atom. The Morgan fingerprint density at radius 3 is 2.46 bits per heavy atom. The number of aromatic nitrogens is 3. The molecule has 2 heterocycles. The smallest absolute Gasteiger partial charge is 0.280 e. The number of rotatable bonds is 6. The second-order valence-corrected chi connectivity index (χ2v) is 7.21. The summed E-state index contributed by atoms with van der Waals surface area (Å²) in [5, 5.41) is 8.92. The minimum absolute atomic E-state index is 0.0619. The molecule has 0 aliphatic heterocycles. The maximum atomic E-state index is 14.6. The van der Waals surface area contributed by atoms with Crippen molar-refractivity contribution in [3.05, 3.63) is 101 Å². The van der Waals surface area contributed by atoms with Crippen molar-refractivity contribution in [3.63, 3.8) is 0 Å². The van der Waals surface area contributed by atoms with Crippen LogP contribution in [0, 0.1) is 11.6 Å². The van der Waals surface area contributed by atoms with Crippen molar-refractivity contribution in [2.75, 3.05) is 10.6 Å². The van der Waals surface area contributed by atoms with Gasteiger partial charge in [0.1, 0.15) is 17.4 Å². The molecule has 2 aromatic heterocycles. The fourth-order valence-corrected chi connectivity index (χ4v) is 3.00. The van der Waals surface area contributed by atoms with E-state index in [0.717, 1.165) is 12.1 Å². The summed E-state index contributed by atoms with van der Waals surface area (Å²) >= 11 is 0. The molecule has 0 saturated carbocycles. The van der Waals surface area contributed by atoms with E-state index < -0.39 is 28.7 Å². The second kappa shape index (κ2) is 9.91. The maximum absolute atomic E-state index is 14.6. The molecule has 0 aliphatic carbocycles. The van der Waals surface area contributed by atoms with Crippen LogP contribution in [0.15, 0.2) is 77.9 Å². The Hall–Kier alpha value is -4.93. The molecule has 176 valence electrons. The van der Waals surface area contributed by atoms with Crippen LogP contribution < -0.4 is 20.8 Å². The summed E-state index contributed by atoms with van der Waals surface area (Å²) < 4.78 is 34.5. The number of nitrogens with zero attached hydrogens (tertiary/aromatic N) is 3. The first-order valence-electron chi connectivity index (χ1n) is 10.2. The van der Waals surface area contributed by atoms with E-state index in [1.54, 1.807) is 0 Å². The molecule has 2 amide bonds. The van der Waals surface area contributed by atoms with Crippen molar-refractivity contribution in [1.82, 2.24) is 14.8 Å². The number of nitrogens with one attached hydrogen (secondary N) is 2. The van der Waals surface area contributed by atoms with Crippen LogP contribution in [0.1, 0.15) is 17.4 Å². The first-order valence-corrected chi connectivity index (χ1v) is 10.2. The van der Waals surface area contributed by atoms with E-state index in [-0.39, 0.29) is 28.9 Å². The number of halogens is 2. The quantitative estimate of drug-likeness (QED) is 0.435. The van der Waals surface area contributed by atoms with Gasteiger partial charge in [0.15, 0.2) is 17.3 Å². The topological polar surface area (TPSA) is 115 Å². The molecular weight excluding hydrogens is 460 g/mol. The van der Waals surface area contributed by atoms with Crippen molar-refractivity contribution in [3.8, 4) is 17.2 Å². The van der Waals surface area contributed by atoms with Crippen LogP contribution >= 0.6 is 0 Å². The summed E-state index contributed by atoms with van der Waals surface area (Å²) in [6.07, 6.45) is 2.73. The number of anilines is 2. The van der Waals surface area contributed by atoms with Crippen LogP contribution in [0.5, 0.6) is 11.5 Å². The van der Waals surface area contributed by atoms with Crippen molar-refractivity contribution in [2.45, 2.75) is 6.92 Å². The normalized spacial score (nSPS) is 10.5. The van der Waals surface area contributed by atoms with Crippen molar-refractivity contribution in [1.29, 1.82) is 0 Å². The Balaban J connectivity index is 1.50. The average Bonchev–Trinajstić information content (AvgIpc) is 2.81. The molecule has 4 rings (SSSR count). The Kier molecular flexibility index (Phi) is 6.58. The summed E-state index contributed by atoms with van der Waals surface area (Å²) in [7, 11) is 0. The van der Waals surface area contributed by atoms with Gasteiger partial charge in [-0.2, -0.15) is 5.10 Å². The number of benzene rings is 2. The third-order valence-corrected chi connectivity index (χ3v) is 4.57. The first-order chi connectivity index (χ1) is 16.8. The molecule has 0 radical (unpaired) electrons. The summed E-state index contributed by atoms with van der Waals surface area (Å²) in [4.78, 5) is 39.9. The van der Waals surface area contributed by atoms with Gasteiger partial charge in [-0.25, -0.2) is 18.4 Å². The Morgan fingerprint density at radius 1 is 0.971 bits per heavy atom. The van der Waals surface area contributed by atoms with Gasteiger partial charge in [0, 0.05) is 43.2 Å². The van der Waals surface area contributed by atoms with E-state index in [1.807, 2.05) is 0 Å². The molecule has 0 spiro atoms. The lowest BCUT2D eigenvalue weighted by Crippen LogP contribution is -2.25. The molecule has 0 unspecified atom stereocenters. The number of carbonyl (C=O) groups is 2. The number of amides is 2. The first kappa shape index (κ1) is 23.2. The van der Waals surface area contributed by atoms with Gasteiger partial charge >= 0.3 is 0 Å². The molecule has 0 atom stereocenters. The SMILES string of the molecule is CC(=O)Nc1cc(Oc2ccc(NC(=O)c3nn(-c4ccc(F)cc4)ccc3=O)cc2F)ccn1. The minimum atomic E-state index is -0.853. The van der Waals surface area contributed by atoms with E-state index in [1.165, 1.54) is 72.5 Å². The average molecular weight is 477 g/mol. The van der Waals surface area contributed by atoms with Crippen molar-refractivity contribution in [2.24, 2.45) is 0 Å². The van der Waals surface area contributed by atoms with Gasteiger partial charge in [0.25, 0.3) is 5.91 Å². The van der Waals surface area contributed by atoms with Gasteiger partial charge in [-0.1, -0.05) is 0 Å². The number of pyridine rings is 1. The van der Waals surface area contributed by atoms with E-state index >= 15 is 0 Å². The Bertz CT molecular complexity index is 1470. The highest BCUT2D eigenvalue weighted by molar-refractivity contribution is 6.02. The van der Waals surface area contributed by atoms with Crippen LogP contribution in [0.3, 0.4) is 0 Å². The molecule has 9 nitrogen and oxygen atoms in total. The lowest BCUT2D eigenvalue weighted by molar-refractivity contribution is -0.114. The highest BCUT2D eigenvalue weighted by atomic mass is 19.1. The molecule has 0 saturated heterocycles. The molecule has 0 aliphatic rings. The van der Waals surface area contributed by atoms with E-state index in [2.05, 4.69) is 20.7 Å².